The van der Waals surface area contributed by atoms with Crippen molar-refractivity contribution >= 4 is 37.3 Å². The molecule has 0 unspecified atom stereocenters. The van der Waals surface area contributed by atoms with Crippen LogP contribution in [0.4, 0.5) is 0 Å². The van der Waals surface area contributed by atoms with Crippen LogP contribution in [0, 0.1) is 0 Å². The van der Waals surface area contributed by atoms with E-state index in [0.29, 0.717) is 11.3 Å². The fraction of sp³-hybridized carbons (Fsp3) is 0.231. The summed E-state index contributed by atoms with van der Waals surface area (Å²) in [6, 6.07) is 8.11. The van der Waals surface area contributed by atoms with Crippen molar-refractivity contribution in [3.05, 3.63) is 44.6 Å². The Hall–Kier alpha value is -0.930. The zero-order chi connectivity index (χ0) is 15.5. The van der Waals surface area contributed by atoms with Crippen molar-refractivity contribution < 1.29 is 18.3 Å². The predicted octanol–water partition coefficient (Wildman–Crippen LogP) is 2.49. The summed E-state index contributed by atoms with van der Waals surface area (Å²) in [5.74, 6) is 0.457. The highest BCUT2D eigenvalue weighted by Crippen LogP contribution is 2.24. The van der Waals surface area contributed by atoms with Gasteiger partial charge in [-0.25, -0.2) is 13.1 Å². The number of methoxy groups -OCH3 is 1. The molecule has 1 heterocycles. The molecule has 21 heavy (non-hydrogen) atoms. The molecule has 0 fully saturated rings. The Labute approximate surface area is 135 Å². The summed E-state index contributed by atoms with van der Waals surface area (Å²) in [5, 5.41) is 9.25. The Morgan fingerprint density at radius 2 is 2.10 bits per heavy atom. The average Bonchev–Trinajstić information content (AvgIpc) is 2.90. The number of aliphatic hydroxyl groups excluding tert-OH is 1. The van der Waals surface area contributed by atoms with Gasteiger partial charge in [0.05, 0.1) is 22.4 Å². The molecule has 0 bridgehead atoms. The highest BCUT2D eigenvalue weighted by molar-refractivity contribution is 9.11. The molecule has 1 aromatic carbocycles. The van der Waals surface area contributed by atoms with E-state index in [2.05, 4.69) is 20.7 Å². The highest BCUT2D eigenvalue weighted by atomic mass is 79.9. The summed E-state index contributed by atoms with van der Waals surface area (Å²) in [7, 11) is -2.16. The van der Waals surface area contributed by atoms with E-state index in [9.17, 15) is 13.5 Å². The summed E-state index contributed by atoms with van der Waals surface area (Å²) in [5.41, 5.74) is 0.430. The fourth-order valence-electron chi connectivity index (χ4n) is 1.74. The van der Waals surface area contributed by atoms with Gasteiger partial charge in [0.15, 0.2) is 0 Å². The number of nitrogens with one attached hydrogen (secondary N) is 1. The number of hydrogen-bond acceptors (Lipinski definition) is 5. The molecule has 1 aromatic heterocycles. The minimum atomic E-state index is -3.63. The third-order valence-electron chi connectivity index (χ3n) is 2.80. The van der Waals surface area contributed by atoms with Crippen LogP contribution in [0.1, 0.15) is 10.4 Å². The number of benzene rings is 1. The quantitative estimate of drug-likeness (QED) is 0.792. The Kier molecular flexibility index (Phi) is 5.39. The number of hydrogen-bond donors (Lipinski definition) is 2. The van der Waals surface area contributed by atoms with Gasteiger partial charge in [0.25, 0.3) is 0 Å². The molecule has 0 atom stereocenters. The molecule has 5 nitrogen and oxygen atoms in total. The fourth-order valence-corrected chi connectivity index (χ4v) is 4.31. The Morgan fingerprint density at radius 1 is 1.33 bits per heavy atom. The van der Waals surface area contributed by atoms with Crippen molar-refractivity contribution in [3.63, 3.8) is 0 Å². The lowest BCUT2D eigenvalue weighted by Crippen LogP contribution is -2.23. The lowest BCUT2D eigenvalue weighted by molar-refractivity contribution is 0.273. The zero-order valence-corrected chi connectivity index (χ0v) is 14.4. The van der Waals surface area contributed by atoms with Gasteiger partial charge in [-0.1, -0.05) is 0 Å². The van der Waals surface area contributed by atoms with Crippen LogP contribution in [-0.2, 0) is 23.2 Å². The molecule has 0 amide bonds. The summed E-state index contributed by atoms with van der Waals surface area (Å²) in [4.78, 5) is 1.00. The minimum absolute atomic E-state index is 0.1000. The summed E-state index contributed by atoms with van der Waals surface area (Å²) < 4.78 is 33.0. The van der Waals surface area contributed by atoms with Gasteiger partial charge in [0.2, 0.25) is 10.0 Å². The van der Waals surface area contributed by atoms with Crippen LogP contribution >= 0.6 is 27.3 Å². The molecule has 2 rings (SSSR count). The van der Waals surface area contributed by atoms with Gasteiger partial charge in [-0.05, 0) is 46.3 Å². The van der Waals surface area contributed by atoms with Gasteiger partial charge in [-0.15, -0.1) is 11.3 Å². The van der Waals surface area contributed by atoms with Gasteiger partial charge < -0.3 is 9.84 Å². The van der Waals surface area contributed by atoms with Crippen LogP contribution in [-0.4, -0.2) is 20.6 Å². The van der Waals surface area contributed by atoms with Gasteiger partial charge in [-0.3, -0.25) is 0 Å². The van der Waals surface area contributed by atoms with Crippen molar-refractivity contribution in [1.82, 2.24) is 4.72 Å². The molecule has 0 radical (unpaired) electrons. The Balaban J connectivity index is 2.19. The molecular weight excluding hydrogens is 378 g/mol. The SMILES string of the molecule is COc1ccc(S(=O)(=O)NCc2ccc(Br)s2)cc1CO. The van der Waals surface area contributed by atoms with Crippen molar-refractivity contribution in [2.75, 3.05) is 7.11 Å². The molecule has 114 valence electrons. The first kappa shape index (κ1) is 16.4. The van der Waals surface area contributed by atoms with Gasteiger partial charge in [-0.2, -0.15) is 0 Å². The summed E-state index contributed by atoms with van der Waals surface area (Å²) in [6.45, 7) is -0.0660. The summed E-state index contributed by atoms with van der Waals surface area (Å²) in [6.07, 6.45) is 0. The van der Waals surface area contributed by atoms with Crippen molar-refractivity contribution in [2.45, 2.75) is 18.0 Å². The number of sulfonamides is 1. The zero-order valence-electron chi connectivity index (χ0n) is 11.2. The molecule has 2 aromatic rings. The van der Waals surface area contributed by atoms with Crippen LogP contribution in [0.2, 0.25) is 0 Å². The highest BCUT2D eigenvalue weighted by Gasteiger charge is 2.16. The van der Waals surface area contributed by atoms with Crippen LogP contribution in [0.3, 0.4) is 0 Å². The van der Waals surface area contributed by atoms with E-state index in [1.807, 2.05) is 12.1 Å². The number of rotatable bonds is 6. The maximum Gasteiger partial charge on any atom is 0.240 e. The second kappa shape index (κ2) is 6.89. The van der Waals surface area contributed by atoms with Gasteiger partial charge >= 0.3 is 0 Å². The molecule has 0 aliphatic carbocycles. The molecule has 0 aliphatic heterocycles. The molecule has 8 heteroatoms. The Bertz CT molecular complexity index is 728. The third-order valence-corrected chi connectivity index (χ3v) is 5.82. The third kappa shape index (κ3) is 4.04. The lowest BCUT2D eigenvalue weighted by Gasteiger charge is -2.10. The Morgan fingerprint density at radius 3 is 2.67 bits per heavy atom. The van der Waals surface area contributed by atoms with E-state index in [1.165, 1.54) is 36.6 Å². The first-order valence-electron chi connectivity index (χ1n) is 5.98. The number of halogens is 1. The van der Waals surface area contributed by atoms with Crippen molar-refractivity contribution in [3.8, 4) is 5.75 Å². The van der Waals surface area contributed by atoms with E-state index in [0.717, 1.165) is 8.66 Å². The normalized spacial score (nSPS) is 11.6. The largest absolute Gasteiger partial charge is 0.496 e. The summed E-state index contributed by atoms with van der Waals surface area (Å²) >= 11 is 4.80. The molecule has 2 N–H and O–H groups in total. The monoisotopic (exact) mass is 391 g/mol. The predicted molar refractivity (Wildman–Crippen MR) is 85.0 cm³/mol. The van der Waals surface area contributed by atoms with E-state index in [1.54, 1.807) is 0 Å². The van der Waals surface area contributed by atoms with E-state index in [-0.39, 0.29) is 18.0 Å². The van der Waals surface area contributed by atoms with Gasteiger partial charge in [0, 0.05) is 17.0 Å². The van der Waals surface area contributed by atoms with Gasteiger partial charge in [0.1, 0.15) is 5.75 Å². The standard InChI is InChI=1S/C13H14BrNO4S2/c1-19-12-4-3-11(6-9(12)8-16)21(17,18)15-7-10-2-5-13(14)20-10/h2-6,15-16H,7-8H2,1H3. The van der Waals surface area contributed by atoms with Crippen LogP contribution < -0.4 is 9.46 Å². The second-order valence-electron chi connectivity index (χ2n) is 4.16. The first-order valence-corrected chi connectivity index (χ1v) is 9.07. The minimum Gasteiger partial charge on any atom is -0.496 e. The molecule has 0 aliphatic rings. The van der Waals surface area contributed by atoms with Crippen molar-refractivity contribution in [2.24, 2.45) is 0 Å². The van der Waals surface area contributed by atoms with E-state index in [4.69, 9.17) is 4.74 Å². The van der Waals surface area contributed by atoms with Crippen molar-refractivity contribution in [1.29, 1.82) is 0 Å². The molecule has 0 saturated carbocycles. The molecule has 0 saturated heterocycles. The second-order valence-corrected chi connectivity index (χ2v) is 8.48. The average molecular weight is 392 g/mol. The van der Waals surface area contributed by atoms with E-state index >= 15 is 0 Å². The van der Waals surface area contributed by atoms with Crippen LogP contribution in [0.5, 0.6) is 5.75 Å². The number of thiophene rings is 1. The maximum absolute atomic E-state index is 12.2. The lowest BCUT2D eigenvalue weighted by atomic mass is 10.2. The van der Waals surface area contributed by atoms with E-state index < -0.39 is 10.0 Å². The molecule has 0 spiro atoms. The van der Waals surface area contributed by atoms with Crippen LogP contribution in [0.15, 0.2) is 39.0 Å². The van der Waals surface area contributed by atoms with Crippen LogP contribution in [0.25, 0.3) is 0 Å². The number of ether oxygens (including phenoxy) is 1. The first-order chi connectivity index (χ1) is 9.96. The topological polar surface area (TPSA) is 75.6 Å². The smallest absolute Gasteiger partial charge is 0.240 e. The number of aliphatic hydroxyl groups is 1. The maximum atomic E-state index is 12.2. The molecular formula is C13H14BrNO4S2.